The highest BCUT2D eigenvalue weighted by Crippen LogP contribution is 2.40. The Hall–Kier alpha value is -3.06. The van der Waals surface area contributed by atoms with Crippen LogP contribution in [0.1, 0.15) is 24.2 Å². The molecule has 33 heavy (non-hydrogen) atoms. The molecule has 1 atom stereocenters. The smallest absolute Gasteiger partial charge is 0.338 e. The zero-order chi connectivity index (χ0) is 23.5. The molecular formula is C25H20Cl2FNO4. The van der Waals surface area contributed by atoms with E-state index >= 15 is 0 Å². The highest BCUT2D eigenvalue weighted by atomic mass is 35.5. The lowest BCUT2D eigenvalue weighted by atomic mass is 9.95. The van der Waals surface area contributed by atoms with Crippen LogP contribution in [0.25, 0.3) is 0 Å². The average Bonchev–Trinajstić information content (AvgIpc) is 2.80. The lowest BCUT2D eigenvalue weighted by molar-refractivity contribution is -0.139. The third-order valence-corrected chi connectivity index (χ3v) is 5.64. The van der Waals surface area contributed by atoms with Gasteiger partial charge in [0.2, 0.25) is 0 Å². The molecule has 170 valence electrons. The number of rotatable bonds is 6. The van der Waals surface area contributed by atoms with Crippen LogP contribution >= 0.6 is 23.2 Å². The molecule has 0 spiro atoms. The van der Waals surface area contributed by atoms with Gasteiger partial charge in [0.15, 0.2) is 0 Å². The van der Waals surface area contributed by atoms with Gasteiger partial charge in [0.1, 0.15) is 23.4 Å². The quantitative estimate of drug-likeness (QED) is 0.406. The molecule has 0 amide bonds. The van der Waals surface area contributed by atoms with Crippen LogP contribution in [0, 0.1) is 5.82 Å². The topological polar surface area (TPSA) is 59.0 Å². The first kappa shape index (κ1) is 23.1. The molecule has 1 heterocycles. The Morgan fingerprint density at radius 2 is 1.70 bits per heavy atom. The van der Waals surface area contributed by atoms with Crippen molar-refractivity contribution in [1.29, 1.82) is 0 Å². The third-order valence-electron chi connectivity index (χ3n) is 5.10. The van der Waals surface area contributed by atoms with E-state index in [0.29, 0.717) is 28.8 Å². The Morgan fingerprint density at radius 3 is 2.33 bits per heavy atom. The number of carbonyl (C=O) groups excluding carboxylic acids is 1. The highest BCUT2D eigenvalue weighted by Gasteiger charge is 2.31. The Kier molecular flexibility index (Phi) is 6.88. The number of aliphatic hydroxyl groups is 1. The van der Waals surface area contributed by atoms with Gasteiger partial charge in [0.25, 0.3) is 0 Å². The lowest BCUT2D eigenvalue weighted by Crippen LogP contribution is -2.28. The molecule has 0 aromatic heterocycles. The zero-order valence-corrected chi connectivity index (χ0v) is 19.1. The first-order chi connectivity index (χ1) is 15.9. The molecule has 0 bridgehead atoms. The maximum atomic E-state index is 14.1. The normalized spacial score (nSPS) is 15.0. The molecule has 0 aliphatic carbocycles. The van der Waals surface area contributed by atoms with Crippen molar-refractivity contribution in [3.8, 4) is 11.5 Å². The van der Waals surface area contributed by atoms with E-state index in [0.717, 1.165) is 11.6 Å². The van der Waals surface area contributed by atoms with E-state index in [4.69, 9.17) is 32.7 Å². The molecule has 1 unspecified atom stereocenters. The van der Waals surface area contributed by atoms with Crippen LogP contribution in [0.2, 0.25) is 10.0 Å². The molecule has 8 heteroatoms. The number of anilines is 1. The second-order valence-electron chi connectivity index (χ2n) is 7.36. The van der Waals surface area contributed by atoms with Gasteiger partial charge in [-0.05, 0) is 61.0 Å². The summed E-state index contributed by atoms with van der Waals surface area (Å²) in [5.41, 5.74) is 1.66. The van der Waals surface area contributed by atoms with Crippen molar-refractivity contribution in [2.24, 2.45) is 0 Å². The van der Waals surface area contributed by atoms with Crippen molar-refractivity contribution in [2.75, 3.05) is 11.5 Å². The van der Waals surface area contributed by atoms with Crippen LogP contribution in [0.5, 0.6) is 11.5 Å². The van der Waals surface area contributed by atoms with Crippen LogP contribution in [0.15, 0.2) is 72.4 Å². The number of ether oxygens (including phenoxy) is 2. The number of nitrogens with zero attached hydrogens (tertiary/aromatic N) is 1. The molecule has 5 nitrogen and oxygen atoms in total. The zero-order valence-electron chi connectivity index (χ0n) is 17.6. The number of hydrogen-bond donors (Lipinski definition) is 1. The fraction of sp³-hybridized carbons (Fsp3) is 0.160. The average molecular weight is 488 g/mol. The summed E-state index contributed by atoms with van der Waals surface area (Å²) >= 11 is 11.9. The number of esters is 1. The molecule has 1 aliphatic heterocycles. The summed E-state index contributed by atoms with van der Waals surface area (Å²) in [6, 6.07) is 17.0. The fourth-order valence-electron chi connectivity index (χ4n) is 3.50. The van der Waals surface area contributed by atoms with Crippen LogP contribution in [-0.4, -0.2) is 17.7 Å². The first-order valence-corrected chi connectivity index (χ1v) is 11.0. The predicted molar refractivity (Wildman–Crippen MR) is 125 cm³/mol. The molecule has 4 rings (SSSR count). The van der Waals surface area contributed by atoms with Gasteiger partial charge in [-0.1, -0.05) is 35.3 Å². The summed E-state index contributed by atoms with van der Waals surface area (Å²) in [7, 11) is 0. The van der Waals surface area contributed by atoms with E-state index in [2.05, 4.69) is 0 Å². The van der Waals surface area contributed by atoms with Gasteiger partial charge in [-0.15, -0.1) is 0 Å². The van der Waals surface area contributed by atoms with Gasteiger partial charge >= 0.3 is 5.97 Å². The lowest BCUT2D eigenvalue weighted by Gasteiger charge is -2.32. The van der Waals surface area contributed by atoms with E-state index in [1.807, 2.05) is 24.3 Å². The highest BCUT2D eigenvalue weighted by molar-refractivity contribution is 6.31. The minimum absolute atomic E-state index is 0.0220. The number of halogens is 3. The first-order valence-electron chi connectivity index (χ1n) is 10.2. The predicted octanol–water partition coefficient (Wildman–Crippen LogP) is 6.43. The van der Waals surface area contributed by atoms with Crippen LogP contribution in [0.3, 0.4) is 0 Å². The molecule has 0 fully saturated rings. The van der Waals surface area contributed by atoms with E-state index in [1.165, 1.54) is 12.3 Å². The summed E-state index contributed by atoms with van der Waals surface area (Å²) in [5, 5.41) is 11.2. The SMILES string of the molecule is CCOC(=O)C1=CN(Cc2ccc(Oc3ccc(Cl)cc3)cc2)c2cc(Cl)c(F)cc2C1O. The summed E-state index contributed by atoms with van der Waals surface area (Å²) in [6.45, 7) is 2.16. The Labute approximate surface area is 200 Å². The van der Waals surface area contributed by atoms with E-state index < -0.39 is 17.9 Å². The van der Waals surface area contributed by atoms with Gasteiger partial charge in [0, 0.05) is 29.0 Å². The van der Waals surface area contributed by atoms with Gasteiger partial charge < -0.3 is 19.5 Å². The second-order valence-corrected chi connectivity index (χ2v) is 8.20. The van der Waals surface area contributed by atoms with Crippen molar-refractivity contribution in [3.05, 3.63) is 99.4 Å². The third kappa shape index (κ3) is 5.14. The van der Waals surface area contributed by atoms with E-state index in [9.17, 15) is 14.3 Å². The monoisotopic (exact) mass is 487 g/mol. The number of hydrogen-bond acceptors (Lipinski definition) is 5. The van der Waals surface area contributed by atoms with Crippen molar-refractivity contribution >= 4 is 34.9 Å². The molecule has 0 radical (unpaired) electrons. The van der Waals surface area contributed by atoms with Crippen molar-refractivity contribution in [1.82, 2.24) is 0 Å². The second kappa shape index (κ2) is 9.83. The van der Waals surface area contributed by atoms with Crippen molar-refractivity contribution < 1.29 is 23.8 Å². The Balaban J connectivity index is 1.60. The molecule has 3 aromatic rings. The number of aliphatic hydroxyl groups excluding tert-OH is 1. The number of carbonyl (C=O) groups is 1. The molecule has 1 aliphatic rings. The molecule has 1 N–H and O–H groups in total. The van der Waals surface area contributed by atoms with Gasteiger partial charge in [-0.3, -0.25) is 0 Å². The summed E-state index contributed by atoms with van der Waals surface area (Å²) < 4.78 is 25.0. The molecule has 3 aromatic carbocycles. The number of fused-ring (bicyclic) bond motifs is 1. The summed E-state index contributed by atoms with van der Waals surface area (Å²) in [4.78, 5) is 14.1. The molecule has 0 saturated carbocycles. The largest absolute Gasteiger partial charge is 0.463 e. The fourth-order valence-corrected chi connectivity index (χ4v) is 3.79. The van der Waals surface area contributed by atoms with Gasteiger partial charge in [-0.2, -0.15) is 0 Å². The molecular weight excluding hydrogens is 468 g/mol. The van der Waals surface area contributed by atoms with Crippen LogP contribution in [0.4, 0.5) is 10.1 Å². The summed E-state index contributed by atoms with van der Waals surface area (Å²) in [5.74, 6) is -0.0425. The van der Waals surface area contributed by atoms with E-state index in [1.54, 1.807) is 36.1 Å². The van der Waals surface area contributed by atoms with Gasteiger partial charge in [0.05, 0.1) is 17.2 Å². The standard InChI is InChI=1S/C25H20Cl2FNO4/c1-2-32-25(31)20-14-29(23-12-21(27)22(28)11-19(23)24(20)30)13-15-3-7-17(8-4-15)33-18-9-5-16(26)6-10-18/h3-12,14,24,30H,2,13H2,1H3. The van der Waals surface area contributed by atoms with Crippen LogP contribution < -0.4 is 9.64 Å². The Morgan fingerprint density at radius 1 is 1.06 bits per heavy atom. The minimum Gasteiger partial charge on any atom is -0.463 e. The maximum absolute atomic E-state index is 14.1. The van der Waals surface area contributed by atoms with Crippen molar-refractivity contribution in [2.45, 2.75) is 19.6 Å². The van der Waals surface area contributed by atoms with Crippen molar-refractivity contribution in [3.63, 3.8) is 0 Å². The molecule has 0 saturated heterocycles. The Bertz CT molecular complexity index is 1200. The maximum Gasteiger partial charge on any atom is 0.338 e. The summed E-state index contributed by atoms with van der Waals surface area (Å²) in [6.07, 6.45) is 0.189. The van der Waals surface area contributed by atoms with Gasteiger partial charge in [-0.25, -0.2) is 9.18 Å². The minimum atomic E-state index is -1.32. The van der Waals surface area contributed by atoms with E-state index in [-0.39, 0.29) is 22.8 Å². The van der Waals surface area contributed by atoms with Crippen LogP contribution in [-0.2, 0) is 16.1 Å². The number of benzene rings is 3.